The van der Waals surface area contributed by atoms with Gasteiger partial charge in [0.1, 0.15) is 5.01 Å². The van der Waals surface area contributed by atoms with E-state index in [4.69, 9.17) is 0 Å². The molecular weight excluding hydrogens is 222 g/mol. The standard InChI is InChI=1S/C11H19N3OS/c1-4-5-9-12-13-10(16-9)14-6-8(2)11(3,15)7-14/h8,15H,4-7H2,1-3H3. The number of β-amino-alcohol motifs (C(OH)–C–C–N with tert-alkyl or cyclic N) is 1. The molecular formula is C11H19N3OS. The van der Waals surface area contributed by atoms with Crippen molar-refractivity contribution in [3.63, 3.8) is 0 Å². The summed E-state index contributed by atoms with van der Waals surface area (Å²) in [5.41, 5.74) is -0.601. The van der Waals surface area contributed by atoms with E-state index in [1.54, 1.807) is 11.3 Å². The van der Waals surface area contributed by atoms with Gasteiger partial charge in [-0.25, -0.2) is 0 Å². The normalized spacial score (nSPS) is 30.0. The van der Waals surface area contributed by atoms with Gasteiger partial charge < -0.3 is 10.0 Å². The minimum absolute atomic E-state index is 0.283. The largest absolute Gasteiger partial charge is 0.388 e. The van der Waals surface area contributed by atoms with Crippen molar-refractivity contribution in [2.75, 3.05) is 18.0 Å². The van der Waals surface area contributed by atoms with Crippen LogP contribution in [0.5, 0.6) is 0 Å². The molecule has 4 nitrogen and oxygen atoms in total. The first-order valence-electron chi connectivity index (χ1n) is 5.82. The molecule has 0 saturated carbocycles. The van der Waals surface area contributed by atoms with Crippen LogP contribution in [0.25, 0.3) is 0 Å². The molecule has 1 aromatic heterocycles. The van der Waals surface area contributed by atoms with Crippen LogP contribution >= 0.6 is 11.3 Å². The molecule has 1 aromatic rings. The quantitative estimate of drug-likeness (QED) is 0.875. The van der Waals surface area contributed by atoms with E-state index in [0.717, 1.165) is 29.5 Å². The van der Waals surface area contributed by atoms with Crippen molar-refractivity contribution in [1.29, 1.82) is 0 Å². The van der Waals surface area contributed by atoms with Gasteiger partial charge in [0.15, 0.2) is 0 Å². The number of aromatic nitrogens is 2. The summed E-state index contributed by atoms with van der Waals surface area (Å²) in [4.78, 5) is 2.14. The average Bonchev–Trinajstić information content (AvgIpc) is 2.74. The molecule has 1 N–H and O–H groups in total. The topological polar surface area (TPSA) is 49.2 Å². The minimum Gasteiger partial charge on any atom is -0.388 e. The maximum absolute atomic E-state index is 10.1. The molecule has 16 heavy (non-hydrogen) atoms. The van der Waals surface area contributed by atoms with Gasteiger partial charge in [0.25, 0.3) is 0 Å². The second kappa shape index (κ2) is 4.30. The molecule has 0 spiro atoms. The molecule has 2 rings (SSSR count). The molecule has 2 heterocycles. The number of aliphatic hydroxyl groups is 1. The van der Waals surface area contributed by atoms with E-state index in [-0.39, 0.29) is 5.92 Å². The van der Waals surface area contributed by atoms with Gasteiger partial charge in [-0.15, -0.1) is 10.2 Å². The molecule has 0 amide bonds. The number of anilines is 1. The fraction of sp³-hybridized carbons (Fsp3) is 0.818. The summed E-state index contributed by atoms with van der Waals surface area (Å²) in [6.07, 6.45) is 2.10. The summed E-state index contributed by atoms with van der Waals surface area (Å²) in [7, 11) is 0. The lowest BCUT2D eigenvalue weighted by Crippen LogP contribution is -2.33. The van der Waals surface area contributed by atoms with Gasteiger partial charge in [-0.3, -0.25) is 0 Å². The monoisotopic (exact) mass is 241 g/mol. The van der Waals surface area contributed by atoms with Crippen LogP contribution in [0.1, 0.15) is 32.2 Å². The Labute approximate surface area is 100 Å². The Kier molecular flexibility index (Phi) is 3.17. The molecule has 2 atom stereocenters. The van der Waals surface area contributed by atoms with E-state index in [0.29, 0.717) is 6.54 Å². The fourth-order valence-electron chi connectivity index (χ4n) is 1.97. The summed E-state index contributed by atoms with van der Waals surface area (Å²) in [5.74, 6) is 0.283. The average molecular weight is 241 g/mol. The third-order valence-electron chi connectivity index (χ3n) is 3.26. The number of rotatable bonds is 3. The van der Waals surface area contributed by atoms with Crippen LogP contribution in [-0.4, -0.2) is 34.0 Å². The molecule has 1 saturated heterocycles. The number of hydrogen-bond acceptors (Lipinski definition) is 5. The maximum atomic E-state index is 10.1. The van der Waals surface area contributed by atoms with E-state index < -0.39 is 5.60 Å². The van der Waals surface area contributed by atoms with Gasteiger partial charge >= 0.3 is 0 Å². The van der Waals surface area contributed by atoms with Crippen molar-refractivity contribution in [3.8, 4) is 0 Å². The van der Waals surface area contributed by atoms with E-state index in [9.17, 15) is 5.11 Å². The Hall–Kier alpha value is -0.680. The highest BCUT2D eigenvalue weighted by Crippen LogP contribution is 2.32. The van der Waals surface area contributed by atoms with Crippen molar-refractivity contribution in [2.45, 2.75) is 39.2 Å². The molecule has 1 aliphatic rings. The number of nitrogens with zero attached hydrogens (tertiary/aromatic N) is 3. The van der Waals surface area contributed by atoms with Crippen LogP contribution in [0.2, 0.25) is 0 Å². The molecule has 0 bridgehead atoms. The predicted molar refractivity (Wildman–Crippen MR) is 65.9 cm³/mol. The highest BCUT2D eigenvalue weighted by Gasteiger charge is 2.39. The molecule has 1 fully saturated rings. The Morgan fingerprint density at radius 2 is 2.31 bits per heavy atom. The van der Waals surface area contributed by atoms with Crippen LogP contribution in [0.4, 0.5) is 5.13 Å². The third kappa shape index (κ3) is 2.20. The lowest BCUT2D eigenvalue weighted by molar-refractivity contribution is 0.0443. The van der Waals surface area contributed by atoms with Gasteiger partial charge in [0.05, 0.1) is 5.60 Å². The van der Waals surface area contributed by atoms with Crippen molar-refractivity contribution < 1.29 is 5.11 Å². The van der Waals surface area contributed by atoms with Crippen LogP contribution in [0.3, 0.4) is 0 Å². The van der Waals surface area contributed by atoms with Gasteiger partial charge in [-0.2, -0.15) is 0 Å². The van der Waals surface area contributed by atoms with Crippen LogP contribution in [0.15, 0.2) is 0 Å². The van der Waals surface area contributed by atoms with E-state index >= 15 is 0 Å². The second-order valence-electron chi connectivity index (χ2n) is 4.87. The Bertz CT molecular complexity index is 364. The lowest BCUT2D eigenvalue weighted by atomic mass is 9.95. The zero-order valence-electron chi connectivity index (χ0n) is 10.1. The predicted octanol–water partition coefficient (Wildman–Crippen LogP) is 1.70. The maximum Gasteiger partial charge on any atom is 0.208 e. The first kappa shape index (κ1) is 11.8. The Morgan fingerprint density at radius 3 is 2.88 bits per heavy atom. The molecule has 1 aliphatic heterocycles. The van der Waals surface area contributed by atoms with Gasteiger partial charge in [-0.05, 0) is 13.3 Å². The van der Waals surface area contributed by atoms with E-state index in [2.05, 4.69) is 28.9 Å². The molecule has 0 aromatic carbocycles. The summed E-state index contributed by atoms with van der Waals surface area (Å²) >= 11 is 1.65. The first-order chi connectivity index (χ1) is 7.53. The summed E-state index contributed by atoms with van der Waals surface area (Å²) < 4.78 is 0. The molecule has 5 heteroatoms. The Morgan fingerprint density at radius 1 is 1.56 bits per heavy atom. The van der Waals surface area contributed by atoms with Gasteiger partial charge in [0.2, 0.25) is 5.13 Å². The second-order valence-corrected chi connectivity index (χ2v) is 5.91. The SMILES string of the molecule is CCCc1nnc(N2CC(C)C(C)(O)C2)s1. The van der Waals surface area contributed by atoms with Gasteiger partial charge in [-0.1, -0.05) is 25.2 Å². The number of aryl methyl sites for hydroxylation is 1. The fourth-order valence-corrected chi connectivity index (χ4v) is 2.92. The van der Waals surface area contributed by atoms with Crippen molar-refractivity contribution in [1.82, 2.24) is 10.2 Å². The van der Waals surface area contributed by atoms with E-state index in [1.165, 1.54) is 0 Å². The van der Waals surface area contributed by atoms with E-state index in [1.807, 2.05) is 6.92 Å². The smallest absolute Gasteiger partial charge is 0.208 e. The molecule has 2 unspecified atom stereocenters. The number of hydrogen-bond donors (Lipinski definition) is 1. The molecule has 0 radical (unpaired) electrons. The van der Waals surface area contributed by atoms with Crippen molar-refractivity contribution >= 4 is 16.5 Å². The molecule has 0 aliphatic carbocycles. The lowest BCUT2D eigenvalue weighted by Gasteiger charge is -2.20. The first-order valence-corrected chi connectivity index (χ1v) is 6.64. The zero-order chi connectivity index (χ0) is 11.8. The zero-order valence-corrected chi connectivity index (χ0v) is 10.9. The third-order valence-corrected chi connectivity index (χ3v) is 4.30. The van der Waals surface area contributed by atoms with Crippen LogP contribution < -0.4 is 4.90 Å². The summed E-state index contributed by atoms with van der Waals surface area (Å²) in [6, 6.07) is 0. The van der Waals surface area contributed by atoms with Crippen molar-refractivity contribution in [3.05, 3.63) is 5.01 Å². The highest BCUT2D eigenvalue weighted by atomic mass is 32.1. The van der Waals surface area contributed by atoms with Crippen LogP contribution in [0, 0.1) is 5.92 Å². The summed E-state index contributed by atoms with van der Waals surface area (Å²) in [5, 5.41) is 20.5. The van der Waals surface area contributed by atoms with Gasteiger partial charge in [0, 0.05) is 25.4 Å². The highest BCUT2D eigenvalue weighted by molar-refractivity contribution is 7.15. The molecule has 90 valence electrons. The minimum atomic E-state index is -0.601. The Balaban J connectivity index is 2.08. The van der Waals surface area contributed by atoms with Crippen LogP contribution in [-0.2, 0) is 6.42 Å². The van der Waals surface area contributed by atoms with Crippen molar-refractivity contribution in [2.24, 2.45) is 5.92 Å². The summed E-state index contributed by atoms with van der Waals surface area (Å²) in [6.45, 7) is 7.64.